The predicted octanol–water partition coefficient (Wildman–Crippen LogP) is 5.18. The number of hydrogen-bond acceptors (Lipinski definition) is 1. The highest BCUT2D eigenvalue weighted by Crippen LogP contribution is 2.12. The number of carboxylic acid groups (broad SMARTS) is 1. The maximum atomic E-state index is 10.5. The summed E-state index contributed by atoms with van der Waals surface area (Å²) in [7, 11) is 0. The third-order valence-electron chi connectivity index (χ3n) is 3.27. The Morgan fingerprint density at radius 1 is 1.00 bits per heavy atom. The van der Waals surface area contributed by atoms with E-state index in [9.17, 15) is 4.79 Å². The largest absolute Gasteiger partial charge is 0.478 e. The van der Waals surface area contributed by atoms with Crippen LogP contribution in [0.3, 0.4) is 0 Å². The van der Waals surface area contributed by atoms with Gasteiger partial charge in [-0.3, -0.25) is 0 Å². The first-order valence-electron chi connectivity index (χ1n) is 7.44. The van der Waals surface area contributed by atoms with Crippen LogP contribution >= 0.6 is 0 Å². The van der Waals surface area contributed by atoms with Gasteiger partial charge in [-0.25, -0.2) is 4.79 Å². The van der Waals surface area contributed by atoms with Crippen molar-refractivity contribution in [2.24, 2.45) is 5.92 Å². The van der Waals surface area contributed by atoms with Gasteiger partial charge >= 0.3 is 5.97 Å². The van der Waals surface area contributed by atoms with Gasteiger partial charge in [-0.05, 0) is 25.7 Å². The van der Waals surface area contributed by atoms with Gasteiger partial charge in [-0.2, -0.15) is 0 Å². The second kappa shape index (κ2) is 11.3. The Morgan fingerprint density at radius 3 is 2.00 bits per heavy atom. The molecule has 0 fully saturated rings. The van der Waals surface area contributed by atoms with Crippen LogP contribution in [0.5, 0.6) is 0 Å². The molecule has 0 aromatic heterocycles. The summed E-state index contributed by atoms with van der Waals surface area (Å²) < 4.78 is 0. The molecular formula is C16H30O2. The van der Waals surface area contributed by atoms with Gasteiger partial charge < -0.3 is 5.11 Å². The molecule has 0 aliphatic carbocycles. The molecule has 0 aliphatic rings. The smallest absolute Gasteiger partial charge is 0.330 e. The van der Waals surface area contributed by atoms with Crippen molar-refractivity contribution < 1.29 is 9.90 Å². The zero-order valence-corrected chi connectivity index (χ0v) is 12.4. The van der Waals surface area contributed by atoms with E-state index in [0.29, 0.717) is 5.57 Å². The maximum Gasteiger partial charge on any atom is 0.330 e. The fourth-order valence-electron chi connectivity index (χ4n) is 1.99. The molecule has 0 unspecified atom stereocenters. The molecule has 0 saturated heterocycles. The van der Waals surface area contributed by atoms with E-state index in [2.05, 4.69) is 13.8 Å². The average Bonchev–Trinajstić information content (AvgIpc) is 2.30. The van der Waals surface area contributed by atoms with Crippen LogP contribution in [0.4, 0.5) is 0 Å². The molecule has 2 nitrogen and oxygen atoms in total. The summed E-state index contributed by atoms with van der Waals surface area (Å²) in [6.07, 6.45) is 13.2. The van der Waals surface area contributed by atoms with Crippen molar-refractivity contribution in [1.82, 2.24) is 0 Å². The van der Waals surface area contributed by atoms with Crippen molar-refractivity contribution in [1.29, 1.82) is 0 Å². The summed E-state index contributed by atoms with van der Waals surface area (Å²) in [5.41, 5.74) is 0.476. The average molecular weight is 254 g/mol. The second-order valence-corrected chi connectivity index (χ2v) is 5.64. The van der Waals surface area contributed by atoms with Crippen molar-refractivity contribution >= 4 is 5.97 Å². The first-order valence-corrected chi connectivity index (χ1v) is 7.44. The molecule has 0 aromatic rings. The van der Waals surface area contributed by atoms with Crippen molar-refractivity contribution in [3.8, 4) is 0 Å². The Labute approximate surface area is 112 Å². The van der Waals surface area contributed by atoms with Crippen LogP contribution in [0.25, 0.3) is 0 Å². The van der Waals surface area contributed by atoms with E-state index in [1.807, 2.05) is 6.08 Å². The molecule has 0 bridgehead atoms. The first kappa shape index (κ1) is 17.2. The van der Waals surface area contributed by atoms with Crippen LogP contribution in [-0.2, 0) is 4.79 Å². The summed E-state index contributed by atoms with van der Waals surface area (Å²) in [6.45, 7) is 6.23. The van der Waals surface area contributed by atoms with Gasteiger partial charge in [0.05, 0.1) is 0 Å². The van der Waals surface area contributed by atoms with Gasteiger partial charge in [0.15, 0.2) is 0 Å². The lowest BCUT2D eigenvalue weighted by atomic mass is 10.0. The zero-order chi connectivity index (χ0) is 13.8. The fraction of sp³-hybridized carbons (Fsp3) is 0.812. The van der Waals surface area contributed by atoms with Crippen LogP contribution in [0, 0.1) is 5.92 Å². The highest BCUT2D eigenvalue weighted by molar-refractivity contribution is 5.85. The molecule has 0 atom stereocenters. The minimum absolute atomic E-state index is 0.476. The monoisotopic (exact) mass is 254 g/mol. The molecule has 0 radical (unpaired) electrons. The molecule has 2 heteroatoms. The van der Waals surface area contributed by atoms with Crippen LogP contribution in [0.2, 0.25) is 0 Å². The molecule has 106 valence electrons. The molecule has 0 rings (SSSR count). The highest BCUT2D eigenvalue weighted by atomic mass is 16.4. The Morgan fingerprint density at radius 2 is 1.50 bits per heavy atom. The number of carboxylic acids is 1. The van der Waals surface area contributed by atoms with Gasteiger partial charge in [0.25, 0.3) is 0 Å². The lowest BCUT2D eigenvalue weighted by molar-refractivity contribution is -0.132. The second-order valence-electron chi connectivity index (χ2n) is 5.64. The van der Waals surface area contributed by atoms with Crippen LogP contribution in [0.15, 0.2) is 11.6 Å². The van der Waals surface area contributed by atoms with E-state index < -0.39 is 5.97 Å². The highest BCUT2D eigenvalue weighted by Gasteiger charge is 1.98. The van der Waals surface area contributed by atoms with E-state index >= 15 is 0 Å². The minimum atomic E-state index is -0.792. The summed E-state index contributed by atoms with van der Waals surface area (Å²) in [5, 5.41) is 8.68. The summed E-state index contributed by atoms with van der Waals surface area (Å²) in [5.74, 6) is 0.0504. The lowest BCUT2D eigenvalue weighted by Crippen LogP contribution is -1.95. The molecule has 0 spiro atoms. The third-order valence-corrected chi connectivity index (χ3v) is 3.27. The van der Waals surface area contributed by atoms with Crippen LogP contribution < -0.4 is 0 Å². The maximum absolute atomic E-state index is 10.5. The molecule has 0 amide bonds. The van der Waals surface area contributed by atoms with Crippen molar-refractivity contribution in [2.75, 3.05) is 0 Å². The molecule has 0 aromatic carbocycles. The summed E-state index contributed by atoms with van der Waals surface area (Å²) in [4.78, 5) is 10.5. The van der Waals surface area contributed by atoms with Crippen LogP contribution in [-0.4, -0.2) is 11.1 Å². The van der Waals surface area contributed by atoms with Gasteiger partial charge in [0.2, 0.25) is 0 Å². The molecule has 0 saturated carbocycles. The molecular weight excluding hydrogens is 224 g/mol. The van der Waals surface area contributed by atoms with E-state index in [-0.39, 0.29) is 0 Å². The Hall–Kier alpha value is -0.790. The van der Waals surface area contributed by atoms with E-state index in [1.165, 1.54) is 44.9 Å². The predicted molar refractivity (Wildman–Crippen MR) is 77.8 cm³/mol. The van der Waals surface area contributed by atoms with E-state index in [1.54, 1.807) is 6.92 Å². The Bertz CT molecular complexity index is 241. The standard InChI is InChI=1S/C16H30O2/c1-14(2)12-10-8-6-4-5-7-9-11-13-15(3)16(17)18/h13-14H,4-12H2,1-3H3,(H,17,18). The third kappa shape index (κ3) is 11.7. The fourth-order valence-corrected chi connectivity index (χ4v) is 1.99. The Balaban J connectivity index is 3.22. The van der Waals surface area contributed by atoms with Gasteiger partial charge in [-0.15, -0.1) is 0 Å². The number of unbranched alkanes of at least 4 members (excludes halogenated alkanes) is 7. The zero-order valence-electron chi connectivity index (χ0n) is 12.4. The summed E-state index contributed by atoms with van der Waals surface area (Å²) in [6, 6.07) is 0. The normalized spacial score (nSPS) is 12.1. The number of hydrogen-bond donors (Lipinski definition) is 1. The topological polar surface area (TPSA) is 37.3 Å². The number of aliphatic carboxylic acids is 1. The minimum Gasteiger partial charge on any atom is -0.478 e. The number of rotatable bonds is 11. The van der Waals surface area contributed by atoms with E-state index in [0.717, 1.165) is 18.8 Å². The molecule has 0 aliphatic heterocycles. The Kier molecular flexibility index (Phi) is 10.8. The van der Waals surface area contributed by atoms with E-state index in [4.69, 9.17) is 5.11 Å². The molecule has 1 N–H and O–H groups in total. The van der Waals surface area contributed by atoms with Crippen molar-refractivity contribution in [3.05, 3.63) is 11.6 Å². The van der Waals surface area contributed by atoms with Crippen LogP contribution in [0.1, 0.15) is 78.6 Å². The molecule has 18 heavy (non-hydrogen) atoms. The van der Waals surface area contributed by atoms with Gasteiger partial charge in [0, 0.05) is 5.57 Å². The van der Waals surface area contributed by atoms with Gasteiger partial charge in [0.1, 0.15) is 0 Å². The summed E-state index contributed by atoms with van der Waals surface area (Å²) >= 11 is 0. The molecule has 0 heterocycles. The number of allylic oxidation sites excluding steroid dienone is 1. The first-order chi connectivity index (χ1) is 8.54. The van der Waals surface area contributed by atoms with Crippen molar-refractivity contribution in [2.45, 2.75) is 78.6 Å². The lowest BCUT2D eigenvalue weighted by Gasteiger charge is -2.04. The van der Waals surface area contributed by atoms with Gasteiger partial charge in [-0.1, -0.05) is 64.9 Å². The van der Waals surface area contributed by atoms with Crippen molar-refractivity contribution in [3.63, 3.8) is 0 Å². The quantitative estimate of drug-likeness (QED) is 0.407. The SMILES string of the molecule is CC(=CCCCCCCCCCC(C)C)C(=O)O. The number of carbonyl (C=O) groups is 1.